The number of rotatable bonds is 4. The van der Waals surface area contributed by atoms with Gasteiger partial charge in [-0.15, -0.1) is 35.4 Å². The van der Waals surface area contributed by atoms with Crippen LogP contribution in [-0.4, -0.2) is 48.2 Å². The van der Waals surface area contributed by atoms with Gasteiger partial charge in [-0.25, -0.2) is 0 Å². The summed E-state index contributed by atoms with van der Waals surface area (Å²) in [6.45, 7) is 1.72. The fourth-order valence-electron chi connectivity index (χ4n) is 1.78. The Morgan fingerprint density at radius 2 is 1.04 bits per heavy atom. The monoisotopic (exact) mass is 582 g/mol. The normalized spacial score (nSPS) is 9.38. The predicted octanol–water partition coefficient (Wildman–Crippen LogP) is 3.88. The van der Waals surface area contributed by atoms with Gasteiger partial charge >= 0.3 is 55.4 Å². The van der Waals surface area contributed by atoms with Gasteiger partial charge in [0.2, 0.25) is 0 Å². The van der Waals surface area contributed by atoms with E-state index in [4.69, 9.17) is 10.2 Å². The summed E-state index contributed by atoms with van der Waals surface area (Å²) in [6, 6.07) is 16.2. The van der Waals surface area contributed by atoms with Crippen molar-refractivity contribution in [3.8, 4) is 11.5 Å². The van der Waals surface area contributed by atoms with Crippen molar-refractivity contribution in [2.24, 2.45) is 0 Å². The second kappa shape index (κ2) is 18.2. The summed E-state index contributed by atoms with van der Waals surface area (Å²) in [6.07, 6.45) is 0. The van der Waals surface area contributed by atoms with E-state index in [9.17, 15) is 0 Å². The van der Waals surface area contributed by atoms with Crippen LogP contribution < -0.4 is 0 Å². The van der Waals surface area contributed by atoms with Crippen LogP contribution in [0, 0.1) is 12.1 Å². The summed E-state index contributed by atoms with van der Waals surface area (Å²) in [4.78, 5) is 4.12. The Hall–Kier alpha value is -0.135. The van der Waals surface area contributed by atoms with Gasteiger partial charge < -0.3 is 20.0 Å². The molecule has 0 radical (unpaired) electrons. The van der Waals surface area contributed by atoms with Crippen molar-refractivity contribution >= 4 is 19.1 Å². The Morgan fingerprint density at radius 3 is 1.23 bits per heavy atom. The molecule has 0 saturated heterocycles. The maximum atomic E-state index is 8.95. The quantitative estimate of drug-likeness (QED) is 0.424. The number of aromatic hydroxyl groups is 2. The van der Waals surface area contributed by atoms with Crippen molar-refractivity contribution in [2.75, 3.05) is 28.2 Å². The molecule has 0 saturated carbocycles. The molecule has 0 unspecified atom stereocenters. The van der Waals surface area contributed by atoms with E-state index >= 15 is 0 Å². The first kappa shape index (κ1) is 28.1. The van der Waals surface area contributed by atoms with Crippen LogP contribution in [0.1, 0.15) is 11.1 Å². The molecule has 0 amide bonds. The average molecular weight is 584 g/mol. The van der Waals surface area contributed by atoms with Crippen molar-refractivity contribution in [1.29, 1.82) is 0 Å². The van der Waals surface area contributed by atoms with Gasteiger partial charge in [-0.05, 0) is 28.2 Å². The van der Waals surface area contributed by atoms with E-state index in [2.05, 4.69) is 77.4 Å². The van der Waals surface area contributed by atoms with E-state index in [-0.39, 0.29) is 11.5 Å². The van der Waals surface area contributed by atoms with Crippen LogP contribution in [0.4, 0.5) is 0 Å². The number of hydrogen-bond acceptors (Lipinski definition) is 4. The third-order valence-corrected chi connectivity index (χ3v) is 2.69. The summed E-state index contributed by atoms with van der Waals surface area (Å²) in [5.41, 5.74) is 2.18. The van der Waals surface area contributed by atoms with Crippen LogP contribution in [0.15, 0.2) is 36.4 Å². The zero-order valence-corrected chi connectivity index (χ0v) is 19.7. The molecular formula is C18H24Cl2N2O2Pd2. The molecule has 0 spiro atoms. The molecule has 2 aromatic carbocycles. The summed E-state index contributed by atoms with van der Waals surface area (Å²) >= 11 is 4.44. The first-order chi connectivity index (χ1) is 12.4. The van der Waals surface area contributed by atoms with E-state index in [1.54, 1.807) is 24.3 Å². The summed E-state index contributed by atoms with van der Waals surface area (Å²) in [7, 11) is 17.0. The number of benzene rings is 2. The molecule has 2 aromatic rings. The Balaban J connectivity index is 0. The Bertz CT molecular complexity index is 503. The molecule has 26 heavy (non-hydrogen) atoms. The van der Waals surface area contributed by atoms with Gasteiger partial charge in [-0.1, -0.05) is 0 Å². The fourth-order valence-corrected chi connectivity index (χ4v) is 1.78. The molecule has 0 aromatic heterocycles. The molecule has 152 valence electrons. The van der Waals surface area contributed by atoms with Crippen LogP contribution in [0.25, 0.3) is 0 Å². The molecule has 2 N–H and O–H groups in total. The molecule has 4 nitrogen and oxygen atoms in total. The van der Waals surface area contributed by atoms with Crippen LogP contribution in [0.3, 0.4) is 0 Å². The number of nitrogens with zero attached hydrogens (tertiary/aromatic N) is 2. The molecule has 2 rings (SSSR count). The maximum absolute atomic E-state index is 8.95. The van der Waals surface area contributed by atoms with E-state index in [0.29, 0.717) is 0 Å². The molecular weight excluding hydrogens is 560 g/mol. The zero-order valence-electron chi connectivity index (χ0n) is 15.1. The SMILES string of the molecule is CN(C)Cc1[c-]cc(O)cc1.CN(C)Cc1[c-]cc(O)cc1.[Cl][Pd+].[Cl][Pd+]. The van der Waals surface area contributed by atoms with Crippen molar-refractivity contribution in [1.82, 2.24) is 9.80 Å². The number of halogens is 2. The Morgan fingerprint density at radius 1 is 0.731 bits per heavy atom. The molecule has 0 bridgehead atoms. The Labute approximate surface area is 186 Å². The van der Waals surface area contributed by atoms with Crippen LogP contribution in [0.5, 0.6) is 11.5 Å². The Kier molecular flexibility index (Phi) is 19.7. The van der Waals surface area contributed by atoms with Crippen LogP contribution >= 0.6 is 19.1 Å². The van der Waals surface area contributed by atoms with Crippen LogP contribution in [-0.2, 0) is 49.5 Å². The molecule has 0 aliphatic carbocycles. The van der Waals surface area contributed by atoms with Gasteiger partial charge in [0.15, 0.2) is 0 Å². The first-order valence-electron chi connectivity index (χ1n) is 7.29. The molecule has 0 aliphatic heterocycles. The van der Waals surface area contributed by atoms with Gasteiger partial charge in [0.1, 0.15) is 0 Å². The zero-order chi connectivity index (χ0) is 20.5. The van der Waals surface area contributed by atoms with E-state index in [1.165, 1.54) is 0 Å². The molecule has 0 heterocycles. The van der Waals surface area contributed by atoms with E-state index in [0.717, 1.165) is 24.2 Å². The van der Waals surface area contributed by atoms with Gasteiger partial charge in [0.25, 0.3) is 0 Å². The topological polar surface area (TPSA) is 46.9 Å². The minimum atomic E-state index is 0.271. The summed E-state index contributed by atoms with van der Waals surface area (Å²) in [5, 5.41) is 17.9. The number of hydrogen-bond donors (Lipinski definition) is 2. The number of phenols is 2. The first-order valence-corrected chi connectivity index (χ1v) is 11.3. The van der Waals surface area contributed by atoms with Gasteiger partial charge in [-0.2, -0.15) is 24.3 Å². The van der Waals surface area contributed by atoms with Gasteiger partial charge in [-0.3, -0.25) is 0 Å². The number of phenolic OH excluding ortho intramolecular Hbond substituents is 2. The van der Waals surface area contributed by atoms with Crippen molar-refractivity contribution in [3.63, 3.8) is 0 Å². The third-order valence-electron chi connectivity index (χ3n) is 2.69. The van der Waals surface area contributed by atoms with Crippen LogP contribution in [0.2, 0.25) is 0 Å². The van der Waals surface area contributed by atoms with Crippen molar-refractivity contribution in [3.05, 3.63) is 59.7 Å². The summed E-state index contributed by atoms with van der Waals surface area (Å²) in [5.74, 6) is 0.542. The second-order valence-corrected chi connectivity index (χ2v) is 5.62. The second-order valence-electron chi connectivity index (χ2n) is 5.62. The third kappa shape index (κ3) is 16.1. The summed E-state index contributed by atoms with van der Waals surface area (Å²) < 4.78 is 0. The molecule has 8 heteroatoms. The standard InChI is InChI=1S/2C9H12NO.2ClH.2Pd/c2*1-10(2)7-8-3-5-9(11)6-4-8;;;;/h2*3,5-6,11H,7H2,1-2H3;2*1H;;/q2*-1;;;2*+2/p-2. The fraction of sp³-hybridized carbons (Fsp3) is 0.333. The van der Waals surface area contributed by atoms with Crippen molar-refractivity contribution < 1.29 is 46.6 Å². The van der Waals surface area contributed by atoms with Gasteiger partial charge in [0, 0.05) is 24.6 Å². The minimum absolute atomic E-state index is 0.271. The van der Waals surface area contributed by atoms with Gasteiger partial charge in [0.05, 0.1) is 0 Å². The van der Waals surface area contributed by atoms with E-state index < -0.39 is 0 Å². The predicted molar refractivity (Wildman–Crippen MR) is 100 cm³/mol. The van der Waals surface area contributed by atoms with E-state index in [1.807, 2.05) is 40.3 Å². The van der Waals surface area contributed by atoms with Crippen molar-refractivity contribution in [2.45, 2.75) is 13.1 Å². The molecule has 0 atom stereocenters. The molecule has 0 aliphatic rings. The molecule has 0 fully saturated rings. The average Bonchev–Trinajstić information content (AvgIpc) is 2.62.